The van der Waals surface area contributed by atoms with Gasteiger partial charge in [-0.05, 0) is 38.6 Å². The van der Waals surface area contributed by atoms with Gasteiger partial charge in [-0.3, -0.25) is 0 Å². The third-order valence-electron chi connectivity index (χ3n) is 4.67. The van der Waals surface area contributed by atoms with Crippen LogP contribution in [-0.2, 0) is 4.74 Å². The lowest BCUT2D eigenvalue weighted by Crippen LogP contribution is -2.40. The van der Waals surface area contributed by atoms with Crippen LogP contribution >= 0.6 is 0 Å². The van der Waals surface area contributed by atoms with Gasteiger partial charge in [-0.25, -0.2) is 0 Å². The second kappa shape index (κ2) is 6.75. The van der Waals surface area contributed by atoms with E-state index in [2.05, 4.69) is 19.2 Å². The number of hydrogen-bond donors (Lipinski definition) is 1. The first kappa shape index (κ1) is 13.4. The Morgan fingerprint density at radius 1 is 1.24 bits per heavy atom. The Morgan fingerprint density at radius 3 is 2.59 bits per heavy atom. The molecule has 17 heavy (non-hydrogen) atoms. The predicted molar refractivity (Wildman–Crippen MR) is 72.2 cm³/mol. The quantitative estimate of drug-likeness (QED) is 0.767. The van der Waals surface area contributed by atoms with Crippen LogP contribution in [0.15, 0.2) is 0 Å². The van der Waals surface area contributed by atoms with E-state index in [9.17, 15) is 0 Å². The first-order valence-electron chi connectivity index (χ1n) is 7.66. The monoisotopic (exact) mass is 239 g/mol. The van der Waals surface area contributed by atoms with Gasteiger partial charge in [-0.2, -0.15) is 0 Å². The Labute approximate surface area is 107 Å². The van der Waals surface area contributed by atoms with Gasteiger partial charge in [0, 0.05) is 18.6 Å². The second-order valence-corrected chi connectivity index (χ2v) is 5.98. The van der Waals surface area contributed by atoms with Crippen molar-refractivity contribution in [2.75, 3.05) is 13.2 Å². The van der Waals surface area contributed by atoms with Crippen molar-refractivity contribution < 1.29 is 4.74 Å². The Kier molecular flexibility index (Phi) is 5.30. The normalized spacial score (nSPS) is 32.1. The van der Waals surface area contributed by atoms with E-state index in [0.29, 0.717) is 12.1 Å². The summed E-state index contributed by atoms with van der Waals surface area (Å²) in [5, 5.41) is 3.79. The summed E-state index contributed by atoms with van der Waals surface area (Å²) >= 11 is 0. The van der Waals surface area contributed by atoms with Crippen LogP contribution in [0.2, 0.25) is 0 Å². The van der Waals surface area contributed by atoms with Gasteiger partial charge in [0.1, 0.15) is 0 Å². The Hall–Kier alpha value is -0.0800. The standard InChI is InChI=1S/C15H29NO/c1-3-9-16-15(11-13-6-4-5-7-13)14-8-10-17-12(14)2/h12-16H,3-11H2,1-2H3. The molecule has 1 aliphatic heterocycles. The van der Waals surface area contributed by atoms with Crippen molar-refractivity contribution >= 4 is 0 Å². The molecule has 3 atom stereocenters. The maximum absolute atomic E-state index is 5.75. The van der Waals surface area contributed by atoms with E-state index in [0.717, 1.165) is 18.4 Å². The van der Waals surface area contributed by atoms with Crippen molar-refractivity contribution in [2.45, 2.75) is 70.9 Å². The maximum Gasteiger partial charge on any atom is 0.0590 e. The van der Waals surface area contributed by atoms with Crippen LogP contribution < -0.4 is 5.32 Å². The smallest absolute Gasteiger partial charge is 0.0590 e. The highest BCUT2D eigenvalue weighted by atomic mass is 16.5. The number of nitrogens with one attached hydrogen (secondary N) is 1. The molecule has 0 amide bonds. The lowest BCUT2D eigenvalue weighted by Gasteiger charge is -2.29. The highest BCUT2D eigenvalue weighted by Crippen LogP contribution is 2.33. The van der Waals surface area contributed by atoms with E-state index in [4.69, 9.17) is 4.74 Å². The minimum absolute atomic E-state index is 0.464. The van der Waals surface area contributed by atoms with Gasteiger partial charge < -0.3 is 10.1 Å². The van der Waals surface area contributed by atoms with E-state index >= 15 is 0 Å². The SMILES string of the molecule is CCCNC(CC1CCCC1)C1CCOC1C. The van der Waals surface area contributed by atoms with Crippen molar-refractivity contribution in [3.8, 4) is 0 Å². The van der Waals surface area contributed by atoms with Crippen LogP contribution in [0.25, 0.3) is 0 Å². The molecule has 1 saturated carbocycles. The molecule has 0 aromatic carbocycles. The minimum Gasteiger partial charge on any atom is -0.378 e. The van der Waals surface area contributed by atoms with Gasteiger partial charge in [-0.15, -0.1) is 0 Å². The zero-order valence-electron chi connectivity index (χ0n) is 11.6. The van der Waals surface area contributed by atoms with Gasteiger partial charge in [-0.1, -0.05) is 32.6 Å². The maximum atomic E-state index is 5.75. The summed E-state index contributed by atoms with van der Waals surface area (Å²) in [4.78, 5) is 0. The van der Waals surface area contributed by atoms with Gasteiger partial charge in [0.05, 0.1) is 6.10 Å². The molecule has 0 aromatic rings. The molecule has 0 radical (unpaired) electrons. The van der Waals surface area contributed by atoms with Crippen molar-refractivity contribution in [2.24, 2.45) is 11.8 Å². The predicted octanol–water partition coefficient (Wildman–Crippen LogP) is 3.36. The Balaban J connectivity index is 1.86. The molecule has 1 aliphatic carbocycles. The molecule has 100 valence electrons. The van der Waals surface area contributed by atoms with Crippen LogP contribution in [0, 0.1) is 11.8 Å². The molecule has 3 unspecified atom stereocenters. The van der Waals surface area contributed by atoms with E-state index < -0.39 is 0 Å². The molecule has 1 saturated heterocycles. The van der Waals surface area contributed by atoms with Crippen molar-refractivity contribution in [1.82, 2.24) is 5.32 Å². The zero-order chi connectivity index (χ0) is 12.1. The summed E-state index contributed by atoms with van der Waals surface area (Å²) in [6, 6.07) is 0.704. The molecule has 2 nitrogen and oxygen atoms in total. The van der Waals surface area contributed by atoms with Crippen molar-refractivity contribution in [3.63, 3.8) is 0 Å². The molecule has 0 aromatic heterocycles. The average Bonchev–Trinajstić information content (AvgIpc) is 2.95. The molecule has 0 bridgehead atoms. The first-order chi connectivity index (χ1) is 8.31. The fraction of sp³-hybridized carbons (Fsp3) is 1.00. The molecule has 1 N–H and O–H groups in total. The topological polar surface area (TPSA) is 21.3 Å². The molecular weight excluding hydrogens is 210 g/mol. The molecule has 2 aliphatic rings. The van der Waals surface area contributed by atoms with Crippen LogP contribution in [0.3, 0.4) is 0 Å². The summed E-state index contributed by atoms with van der Waals surface area (Å²) in [5.41, 5.74) is 0. The summed E-state index contributed by atoms with van der Waals surface area (Å²) in [6.07, 6.45) is 10.2. The van der Waals surface area contributed by atoms with Gasteiger partial charge in [0.25, 0.3) is 0 Å². The lowest BCUT2D eigenvalue weighted by molar-refractivity contribution is 0.0919. The second-order valence-electron chi connectivity index (χ2n) is 5.98. The van der Waals surface area contributed by atoms with Gasteiger partial charge in [0.15, 0.2) is 0 Å². The molecule has 2 heteroatoms. The van der Waals surface area contributed by atoms with Crippen LogP contribution in [-0.4, -0.2) is 25.3 Å². The van der Waals surface area contributed by atoms with Gasteiger partial charge in [0.2, 0.25) is 0 Å². The summed E-state index contributed by atoms with van der Waals surface area (Å²) in [7, 11) is 0. The van der Waals surface area contributed by atoms with E-state index in [-0.39, 0.29) is 0 Å². The number of ether oxygens (including phenoxy) is 1. The molecular formula is C15H29NO. The molecule has 0 spiro atoms. The molecule has 2 rings (SSSR count). The lowest BCUT2D eigenvalue weighted by atomic mass is 9.86. The fourth-order valence-electron chi connectivity index (χ4n) is 3.62. The van der Waals surface area contributed by atoms with Crippen molar-refractivity contribution in [1.29, 1.82) is 0 Å². The highest BCUT2D eigenvalue weighted by Gasteiger charge is 2.33. The summed E-state index contributed by atoms with van der Waals surface area (Å²) < 4.78 is 5.75. The zero-order valence-corrected chi connectivity index (χ0v) is 11.6. The minimum atomic E-state index is 0.464. The summed E-state index contributed by atoms with van der Waals surface area (Å²) in [6.45, 7) is 6.66. The van der Waals surface area contributed by atoms with Crippen LogP contribution in [0.1, 0.15) is 58.8 Å². The van der Waals surface area contributed by atoms with E-state index in [1.165, 1.54) is 51.5 Å². The fourth-order valence-corrected chi connectivity index (χ4v) is 3.62. The van der Waals surface area contributed by atoms with Gasteiger partial charge >= 0.3 is 0 Å². The third-order valence-corrected chi connectivity index (χ3v) is 4.67. The van der Waals surface area contributed by atoms with E-state index in [1.54, 1.807) is 0 Å². The van der Waals surface area contributed by atoms with Crippen LogP contribution in [0.5, 0.6) is 0 Å². The van der Waals surface area contributed by atoms with Crippen molar-refractivity contribution in [3.05, 3.63) is 0 Å². The molecule has 2 fully saturated rings. The van der Waals surface area contributed by atoms with E-state index in [1.807, 2.05) is 0 Å². The highest BCUT2D eigenvalue weighted by molar-refractivity contribution is 4.87. The average molecular weight is 239 g/mol. The van der Waals surface area contributed by atoms with Crippen LogP contribution in [0.4, 0.5) is 0 Å². The summed E-state index contributed by atoms with van der Waals surface area (Å²) in [5.74, 6) is 1.74. The molecule has 1 heterocycles. The number of hydrogen-bond acceptors (Lipinski definition) is 2. The largest absolute Gasteiger partial charge is 0.378 e. The Bertz CT molecular complexity index is 213. The third kappa shape index (κ3) is 3.69. The number of rotatable bonds is 6. The first-order valence-corrected chi connectivity index (χ1v) is 7.66. The Morgan fingerprint density at radius 2 is 2.00 bits per heavy atom.